The van der Waals surface area contributed by atoms with Crippen molar-refractivity contribution in [1.82, 2.24) is 4.31 Å². The van der Waals surface area contributed by atoms with Crippen molar-refractivity contribution in [2.45, 2.75) is 26.8 Å². The molecule has 3 heterocycles. The molecule has 30 heavy (non-hydrogen) atoms. The summed E-state index contributed by atoms with van der Waals surface area (Å²) >= 11 is 2.90. The van der Waals surface area contributed by atoms with Crippen LogP contribution < -0.4 is 4.90 Å². The second kappa shape index (κ2) is 7.85. The first-order valence-corrected chi connectivity index (χ1v) is 12.9. The number of carbonyl (C=O) groups excluding carboxylic acids is 1. The van der Waals surface area contributed by atoms with Crippen LogP contribution in [-0.4, -0.2) is 31.7 Å². The van der Waals surface area contributed by atoms with Gasteiger partial charge in [0.1, 0.15) is 4.21 Å². The second-order valence-electron chi connectivity index (χ2n) is 7.32. The van der Waals surface area contributed by atoms with E-state index in [0.29, 0.717) is 30.1 Å². The first-order valence-electron chi connectivity index (χ1n) is 9.79. The summed E-state index contributed by atoms with van der Waals surface area (Å²) in [6.07, 6.45) is 1.05. The van der Waals surface area contributed by atoms with Crippen molar-refractivity contribution in [2.24, 2.45) is 5.92 Å². The molecule has 2 aliphatic rings. The van der Waals surface area contributed by atoms with E-state index < -0.39 is 10.0 Å². The molecule has 8 heteroatoms. The summed E-state index contributed by atoms with van der Waals surface area (Å²) in [6.45, 7) is 0.727. The molecular weight excluding hydrogens is 436 g/mol. The smallest absolute Gasteiger partial charge is 0.252 e. The van der Waals surface area contributed by atoms with Crippen LogP contribution in [0.3, 0.4) is 0 Å². The number of anilines is 2. The third-order valence-electron chi connectivity index (χ3n) is 5.55. The summed E-state index contributed by atoms with van der Waals surface area (Å²) in [7, 11) is -3.47. The lowest BCUT2D eigenvalue weighted by Gasteiger charge is -2.36. The van der Waals surface area contributed by atoms with Crippen molar-refractivity contribution in [1.29, 1.82) is 0 Å². The van der Waals surface area contributed by atoms with Crippen molar-refractivity contribution in [3.63, 3.8) is 0 Å². The minimum Gasteiger partial charge on any atom is -0.279 e. The monoisotopic (exact) mass is 456 g/mol. The minimum atomic E-state index is -3.47. The molecule has 0 aliphatic carbocycles. The van der Waals surface area contributed by atoms with Gasteiger partial charge in [-0.05, 0) is 48.6 Å². The highest BCUT2D eigenvalue weighted by Crippen LogP contribution is 2.48. The van der Waals surface area contributed by atoms with Crippen LogP contribution in [0.25, 0.3) is 0 Å². The number of amides is 1. The molecule has 0 atom stereocenters. The molecule has 1 aromatic heterocycles. The highest BCUT2D eigenvalue weighted by Gasteiger charge is 2.37. The number of piperidine rings is 1. The molecule has 2 aliphatic heterocycles. The number of hydrogen-bond acceptors (Lipinski definition) is 5. The summed E-state index contributed by atoms with van der Waals surface area (Å²) in [4.78, 5) is 17.6. The predicted molar refractivity (Wildman–Crippen MR) is 120 cm³/mol. The zero-order chi connectivity index (χ0) is 20.7. The molecule has 5 nitrogen and oxygen atoms in total. The van der Waals surface area contributed by atoms with Crippen molar-refractivity contribution >= 4 is 50.4 Å². The highest BCUT2D eigenvalue weighted by molar-refractivity contribution is 7.99. The molecule has 2 aromatic carbocycles. The molecule has 3 aromatic rings. The maximum absolute atomic E-state index is 13.6. The molecular formula is C22H20N2O3S3. The van der Waals surface area contributed by atoms with Gasteiger partial charge < -0.3 is 0 Å². The van der Waals surface area contributed by atoms with Gasteiger partial charge >= 0.3 is 0 Å². The van der Waals surface area contributed by atoms with Crippen molar-refractivity contribution in [3.05, 3.63) is 66.0 Å². The Morgan fingerprint density at radius 3 is 2.03 bits per heavy atom. The summed E-state index contributed by atoms with van der Waals surface area (Å²) < 4.78 is 27.5. The predicted octanol–water partition coefficient (Wildman–Crippen LogP) is 4.98. The lowest BCUT2D eigenvalue weighted by Crippen LogP contribution is -2.43. The Morgan fingerprint density at radius 2 is 1.47 bits per heavy atom. The van der Waals surface area contributed by atoms with E-state index in [1.165, 1.54) is 15.6 Å². The van der Waals surface area contributed by atoms with Crippen molar-refractivity contribution < 1.29 is 13.2 Å². The highest BCUT2D eigenvalue weighted by atomic mass is 32.2. The van der Waals surface area contributed by atoms with Crippen LogP contribution in [0.5, 0.6) is 0 Å². The molecule has 1 amide bonds. The Balaban J connectivity index is 1.39. The quantitative estimate of drug-likeness (QED) is 0.558. The molecule has 0 radical (unpaired) electrons. The lowest BCUT2D eigenvalue weighted by atomic mass is 9.96. The van der Waals surface area contributed by atoms with Gasteiger partial charge in [-0.3, -0.25) is 9.69 Å². The van der Waals surface area contributed by atoms with E-state index in [2.05, 4.69) is 0 Å². The molecule has 0 N–H and O–H groups in total. The molecule has 0 spiro atoms. The van der Waals surface area contributed by atoms with Crippen LogP contribution in [0.1, 0.15) is 12.8 Å². The summed E-state index contributed by atoms with van der Waals surface area (Å²) in [5.74, 6) is -0.160. The van der Waals surface area contributed by atoms with Crippen LogP contribution >= 0.6 is 23.1 Å². The molecule has 5 rings (SSSR count). The number of hydrogen-bond donors (Lipinski definition) is 0. The molecule has 0 saturated carbocycles. The first kappa shape index (κ1) is 19.8. The molecule has 1 fully saturated rings. The summed E-state index contributed by atoms with van der Waals surface area (Å²) in [6, 6.07) is 19.3. The van der Waals surface area contributed by atoms with E-state index in [0.717, 1.165) is 21.2 Å². The van der Waals surface area contributed by atoms with Crippen molar-refractivity contribution in [3.8, 4) is 0 Å². The average Bonchev–Trinajstić information content (AvgIpc) is 3.33. The van der Waals surface area contributed by atoms with Gasteiger partial charge in [0.05, 0.1) is 11.4 Å². The number of benzene rings is 2. The number of para-hydroxylation sites is 2. The van der Waals surface area contributed by atoms with Crippen LogP contribution in [0.2, 0.25) is 0 Å². The number of nitrogens with zero attached hydrogens (tertiary/aromatic N) is 2. The molecule has 0 unspecified atom stereocenters. The van der Waals surface area contributed by atoms with E-state index in [1.54, 1.807) is 29.3 Å². The van der Waals surface area contributed by atoms with E-state index in [1.807, 2.05) is 53.4 Å². The summed E-state index contributed by atoms with van der Waals surface area (Å²) in [5.41, 5.74) is 1.81. The van der Waals surface area contributed by atoms with Gasteiger partial charge in [0.2, 0.25) is 5.91 Å². The van der Waals surface area contributed by atoms with E-state index in [-0.39, 0.29) is 11.8 Å². The second-order valence-corrected chi connectivity index (χ2v) is 11.5. The summed E-state index contributed by atoms with van der Waals surface area (Å²) in [5, 5.41) is 1.77. The standard InChI is InChI=1S/C22H20N2O3S3/c25-22(16-11-13-23(14-12-16)30(26,27)21-10-5-15-28-21)24-17-6-1-3-8-19(17)29-20-9-4-2-7-18(20)24/h1-10,15-16H,11-14H2. The van der Waals surface area contributed by atoms with Gasteiger partial charge in [-0.2, -0.15) is 4.31 Å². The molecule has 154 valence electrons. The number of carbonyl (C=O) groups is 1. The van der Waals surface area contributed by atoms with E-state index >= 15 is 0 Å². The topological polar surface area (TPSA) is 57.7 Å². The lowest BCUT2D eigenvalue weighted by molar-refractivity contribution is -0.122. The fraction of sp³-hybridized carbons (Fsp3) is 0.227. The maximum Gasteiger partial charge on any atom is 0.252 e. The Bertz CT molecular complexity index is 1140. The van der Waals surface area contributed by atoms with Gasteiger partial charge in [-0.1, -0.05) is 42.1 Å². The van der Waals surface area contributed by atoms with Gasteiger partial charge in [0, 0.05) is 28.8 Å². The maximum atomic E-state index is 13.6. The SMILES string of the molecule is O=C(C1CCN(S(=O)(=O)c2cccs2)CC1)N1c2ccccc2Sc2ccccc21. The molecule has 1 saturated heterocycles. The molecule has 0 bridgehead atoms. The van der Waals surface area contributed by atoms with Crippen molar-refractivity contribution in [2.75, 3.05) is 18.0 Å². The van der Waals surface area contributed by atoms with Gasteiger partial charge in [-0.15, -0.1) is 11.3 Å². The first-order chi connectivity index (χ1) is 14.6. The van der Waals surface area contributed by atoms with Gasteiger partial charge in [0.25, 0.3) is 10.0 Å². The van der Waals surface area contributed by atoms with E-state index in [4.69, 9.17) is 0 Å². The third kappa shape index (κ3) is 3.37. The number of rotatable bonds is 3. The van der Waals surface area contributed by atoms with Crippen LogP contribution in [0.15, 0.2) is 80.0 Å². The Labute approximate surface area is 184 Å². The Kier molecular flexibility index (Phi) is 5.18. The van der Waals surface area contributed by atoms with Crippen LogP contribution in [0.4, 0.5) is 11.4 Å². The largest absolute Gasteiger partial charge is 0.279 e. The Hall–Kier alpha value is -2.13. The number of fused-ring (bicyclic) bond motifs is 2. The number of thiophene rings is 1. The fourth-order valence-corrected chi connectivity index (χ4v) is 7.68. The minimum absolute atomic E-state index is 0.0448. The van der Waals surface area contributed by atoms with Gasteiger partial charge in [-0.25, -0.2) is 8.42 Å². The van der Waals surface area contributed by atoms with Gasteiger partial charge in [0.15, 0.2) is 0 Å². The zero-order valence-corrected chi connectivity index (χ0v) is 18.6. The zero-order valence-electron chi connectivity index (χ0n) is 16.1. The normalized spacial score (nSPS) is 17.4. The Morgan fingerprint density at radius 1 is 0.867 bits per heavy atom. The third-order valence-corrected chi connectivity index (χ3v) is 9.95. The number of sulfonamides is 1. The van der Waals surface area contributed by atoms with E-state index in [9.17, 15) is 13.2 Å². The van der Waals surface area contributed by atoms with Crippen LogP contribution in [-0.2, 0) is 14.8 Å². The fourth-order valence-electron chi connectivity index (χ4n) is 4.01. The van der Waals surface area contributed by atoms with Crippen LogP contribution in [0, 0.1) is 5.92 Å². The average molecular weight is 457 g/mol.